The lowest BCUT2D eigenvalue weighted by Crippen LogP contribution is -2.48. The van der Waals surface area contributed by atoms with Crippen LogP contribution in [0.2, 0.25) is 0 Å². The lowest BCUT2D eigenvalue weighted by atomic mass is 10.0. The lowest BCUT2D eigenvalue weighted by Gasteiger charge is -2.35. The highest BCUT2D eigenvalue weighted by atomic mass is 32.2. The monoisotopic (exact) mass is 493 g/mol. The van der Waals surface area contributed by atoms with Gasteiger partial charge in [-0.2, -0.15) is 17.0 Å². The summed E-state index contributed by atoms with van der Waals surface area (Å²) in [6.45, 7) is 2.76. The number of nitrogens with zero attached hydrogens (tertiary/aromatic N) is 4. The Balaban J connectivity index is 1.49. The van der Waals surface area contributed by atoms with E-state index in [0.717, 1.165) is 55.5 Å². The van der Waals surface area contributed by atoms with E-state index in [-0.39, 0.29) is 6.04 Å². The molecule has 1 saturated heterocycles. The maximum absolute atomic E-state index is 13.9. The van der Waals surface area contributed by atoms with Gasteiger partial charge in [0, 0.05) is 44.1 Å². The van der Waals surface area contributed by atoms with Crippen LogP contribution < -0.4 is 4.90 Å². The third-order valence-corrected chi connectivity index (χ3v) is 9.17. The molecule has 0 bridgehead atoms. The highest BCUT2D eigenvalue weighted by Crippen LogP contribution is 2.33. The number of aromatic amines is 1. The van der Waals surface area contributed by atoms with E-state index in [0.29, 0.717) is 32.7 Å². The molecule has 5 rings (SSSR count). The van der Waals surface area contributed by atoms with Crippen LogP contribution in [0.25, 0.3) is 0 Å². The van der Waals surface area contributed by atoms with Gasteiger partial charge in [0.25, 0.3) is 10.2 Å². The van der Waals surface area contributed by atoms with Gasteiger partial charge >= 0.3 is 0 Å². The van der Waals surface area contributed by atoms with Crippen molar-refractivity contribution in [3.8, 4) is 0 Å². The zero-order chi connectivity index (χ0) is 24.1. The Morgan fingerprint density at radius 3 is 2.40 bits per heavy atom. The molecule has 0 spiro atoms. The topological polar surface area (TPSA) is 72.5 Å². The minimum absolute atomic E-state index is 0.0314. The van der Waals surface area contributed by atoms with Gasteiger partial charge in [-0.1, -0.05) is 61.4 Å². The summed E-state index contributed by atoms with van der Waals surface area (Å²) in [6, 6.07) is 18.7. The van der Waals surface area contributed by atoms with E-state index >= 15 is 0 Å². The molecule has 2 aliphatic rings. The number of rotatable bonds is 7. The summed E-state index contributed by atoms with van der Waals surface area (Å²) in [6.07, 6.45) is 9.39. The number of hydrogen-bond donors (Lipinski definition) is 1. The molecular weight excluding hydrogens is 458 g/mol. The van der Waals surface area contributed by atoms with Crippen LogP contribution in [0.15, 0.2) is 67.1 Å². The van der Waals surface area contributed by atoms with E-state index in [9.17, 15) is 8.42 Å². The number of nitrogens with one attached hydrogen (secondary N) is 1. The van der Waals surface area contributed by atoms with Gasteiger partial charge in [0.15, 0.2) is 0 Å². The molecule has 0 radical (unpaired) electrons. The Morgan fingerprint density at radius 2 is 1.66 bits per heavy atom. The molecule has 35 heavy (non-hydrogen) atoms. The first-order valence-electron chi connectivity index (χ1n) is 12.7. The van der Waals surface area contributed by atoms with Gasteiger partial charge < -0.3 is 9.88 Å². The number of para-hydroxylation sites is 1. The maximum Gasteiger partial charge on any atom is 0.282 e. The fourth-order valence-electron chi connectivity index (χ4n) is 5.32. The number of hydrogen-bond acceptors (Lipinski definition) is 4. The van der Waals surface area contributed by atoms with Crippen LogP contribution in [0.4, 0.5) is 5.69 Å². The van der Waals surface area contributed by atoms with E-state index in [1.807, 2.05) is 24.4 Å². The first-order valence-corrected chi connectivity index (χ1v) is 14.1. The van der Waals surface area contributed by atoms with Crippen LogP contribution in [0.3, 0.4) is 0 Å². The van der Waals surface area contributed by atoms with Crippen molar-refractivity contribution in [3.05, 3.63) is 83.9 Å². The largest absolute Gasteiger partial charge is 0.361 e. The molecule has 1 atom stereocenters. The van der Waals surface area contributed by atoms with Crippen molar-refractivity contribution >= 4 is 15.9 Å². The molecule has 2 aromatic carbocycles. The van der Waals surface area contributed by atoms with Gasteiger partial charge in [0.2, 0.25) is 0 Å². The van der Waals surface area contributed by atoms with Gasteiger partial charge in [-0.3, -0.25) is 0 Å². The van der Waals surface area contributed by atoms with Gasteiger partial charge in [0.05, 0.1) is 18.6 Å². The SMILES string of the molecule is O=S(=O)(N1CCCCCC1)N1Cc2ccccc2N(Cc2cnc[nH]2)[C@H](CCc2ccccc2)C1. The average Bonchev–Trinajstić information content (AvgIpc) is 3.15. The van der Waals surface area contributed by atoms with Gasteiger partial charge in [-0.05, 0) is 42.9 Å². The smallest absolute Gasteiger partial charge is 0.282 e. The first kappa shape index (κ1) is 24.0. The number of aryl methyl sites for hydroxylation is 1. The Bertz CT molecular complexity index is 1180. The Labute approximate surface area is 209 Å². The Hall–Kier alpha value is -2.68. The molecule has 0 amide bonds. The first-order chi connectivity index (χ1) is 17.1. The molecule has 0 saturated carbocycles. The molecule has 1 N–H and O–H groups in total. The zero-order valence-electron chi connectivity index (χ0n) is 20.2. The van der Waals surface area contributed by atoms with E-state index in [1.165, 1.54) is 5.56 Å². The second kappa shape index (κ2) is 10.9. The number of benzene rings is 2. The molecule has 8 heteroatoms. The molecule has 0 aliphatic carbocycles. The minimum Gasteiger partial charge on any atom is -0.361 e. The summed E-state index contributed by atoms with van der Waals surface area (Å²) in [5.74, 6) is 0. The minimum atomic E-state index is -3.56. The van der Waals surface area contributed by atoms with Gasteiger partial charge in [-0.15, -0.1) is 0 Å². The quantitative estimate of drug-likeness (QED) is 0.531. The van der Waals surface area contributed by atoms with Crippen LogP contribution in [0.1, 0.15) is 48.9 Å². The summed E-state index contributed by atoms with van der Waals surface area (Å²) in [4.78, 5) is 9.83. The number of fused-ring (bicyclic) bond motifs is 1. The van der Waals surface area contributed by atoms with Crippen molar-refractivity contribution in [3.63, 3.8) is 0 Å². The van der Waals surface area contributed by atoms with E-state index in [4.69, 9.17) is 0 Å². The molecule has 1 aromatic heterocycles. The van der Waals surface area contributed by atoms with Crippen molar-refractivity contribution in [1.82, 2.24) is 18.6 Å². The normalized spacial score (nSPS) is 20.2. The van der Waals surface area contributed by atoms with E-state index < -0.39 is 10.2 Å². The Kier molecular flexibility index (Phi) is 7.51. The highest BCUT2D eigenvalue weighted by Gasteiger charge is 2.36. The van der Waals surface area contributed by atoms with E-state index in [1.54, 1.807) is 14.9 Å². The summed E-state index contributed by atoms with van der Waals surface area (Å²) >= 11 is 0. The predicted molar refractivity (Wildman–Crippen MR) is 139 cm³/mol. The van der Waals surface area contributed by atoms with Crippen molar-refractivity contribution < 1.29 is 8.42 Å². The van der Waals surface area contributed by atoms with Crippen LogP contribution in [-0.4, -0.2) is 52.7 Å². The van der Waals surface area contributed by atoms with Crippen LogP contribution in [0, 0.1) is 0 Å². The van der Waals surface area contributed by atoms with Crippen molar-refractivity contribution in [2.45, 2.75) is 57.7 Å². The number of imidazole rings is 1. The summed E-state index contributed by atoms with van der Waals surface area (Å²) in [7, 11) is -3.56. The molecule has 3 heterocycles. The van der Waals surface area contributed by atoms with Gasteiger partial charge in [-0.25, -0.2) is 4.98 Å². The molecule has 2 aliphatic heterocycles. The second-order valence-corrected chi connectivity index (χ2v) is 11.6. The molecule has 3 aromatic rings. The third kappa shape index (κ3) is 5.60. The number of aromatic nitrogens is 2. The fourth-order valence-corrected chi connectivity index (χ4v) is 7.02. The highest BCUT2D eigenvalue weighted by molar-refractivity contribution is 7.86. The molecule has 186 valence electrons. The predicted octanol–water partition coefficient (Wildman–Crippen LogP) is 4.35. The second-order valence-electron chi connectivity index (χ2n) is 9.63. The number of anilines is 1. The molecular formula is C27H35N5O2S. The van der Waals surface area contributed by atoms with Crippen LogP contribution >= 0.6 is 0 Å². The standard InChI is InChI=1S/C27H35N5O2S/c33-35(34,30-16-8-1-2-9-17-30)31-19-24-12-6-7-13-27(24)32(20-25-18-28-22-29-25)26(21-31)15-14-23-10-4-3-5-11-23/h3-7,10-13,18,22,26H,1-2,8-9,14-17,19-21H2,(H,28,29)/t26-/m1/s1. The van der Waals surface area contributed by atoms with Gasteiger partial charge in [0.1, 0.15) is 0 Å². The average molecular weight is 494 g/mol. The summed E-state index contributed by atoms with van der Waals surface area (Å²) in [5, 5.41) is 0. The maximum atomic E-state index is 13.9. The molecule has 0 unspecified atom stereocenters. The molecule has 7 nitrogen and oxygen atoms in total. The summed E-state index contributed by atoms with van der Waals surface area (Å²) in [5.41, 5.74) is 4.45. The van der Waals surface area contributed by atoms with Crippen molar-refractivity contribution in [1.29, 1.82) is 0 Å². The van der Waals surface area contributed by atoms with E-state index in [2.05, 4.69) is 51.3 Å². The van der Waals surface area contributed by atoms with Crippen molar-refractivity contribution in [2.75, 3.05) is 24.5 Å². The number of H-pyrrole nitrogens is 1. The Morgan fingerprint density at radius 1 is 0.914 bits per heavy atom. The zero-order valence-corrected chi connectivity index (χ0v) is 21.0. The van der Waals surface area contributed by atoms with Crippen LogP contribution in [0.5, 0.6) is 0 Å². The van der Waals surface area contributed by atoms with Crippen LogP contribution in [-0.2, 0) is 29.7 Å². The fraction of sp³-hybridized carbons (Fsp3) is 0.444. The molecule has 1 fully saturated rings. The summed E-state index contributed by atoms with van der Waals surface area (Å²) < 4.78 is 31.3. The van der Waals surface area contributed by atoms with Crippen molar-refractivity contribution in [2.24, 2.45) is 0 Å². The third-order valence-electron chi connectivity index (χ3n) is 7.23. The lowest BCUT2D eigenvalue weighted by molar-refractivity contribution is 0.320.